The second-order valence-electron chi connectivity index (χ2n) is 6.58. The lowest BCUT2D eigenvalue weighted by Crippen LogP contribution is -2.46. The number of nitrogens with zero attached hydrogens (tertiary/aromatic N) is 4. The molecule has 0 aliphatic carbocycles. The second-order valence-corrected chi connectivity index (χ2v) is 7.02. The van der Waals surface area contributed by atoms with Gasteiger partial charge in [0.25, 0.3) is 0 Å². The zero-order chi connectivity index (χ0) is 17.9. The van der Waals surface area contributed by atoms with Gasteiger partial charge in [0.15, 0.2) is 0 Å². The van der Waals surface area contributed by atoms with Gasteiger partial charge < -0.3 is 9.80 Å². The number of hydrogen-bond acceptors (Lipinski definition) is 4. The van der Waals surface area contributed by atoms with Crippen molar-refractivity contribution >= 4 is 23.1 Å². The van der Waals surface area contributed by atoms with Crippen LogP contribution in [0.5, 0.6) is 0 Å². The Morgan fingerprint density at radius 1 is 0.885 bits per heavy atom. The van der Waals surface area contributed by atoms with E-state index < -0.39 is 0 Å². The lowest BCUT2D eigenvalue weighted by atomic mass is 10.1. The summed E-state index contributed by atoms with van der Waals surface area (Å²) in [7, 11) is 0. The number of aromatic nitrogens is 2. The fraction of sp³-hybridized carbons (Fsp3) is 0.238. The minimum Gasteiger partial charge on any atom is -0.368 e. The molecule has 1 aliphatic rings. The molecule has 2 heterocycles. The number of benzene rings is 2. The number of piperazine rings is 1. The zero-order valence-corrected chi connectivity index (χ0v) is 15.5. The smallest absolute Gasteiger partial charge is 0.147 e. The topological polar surface area (TPSA) is 32.3 Å². The molecule has 0 unspecified atom stereocenters. The van der Waals surface area contributed by atoms with Crippen molar-refractivity contribution < 1.29 is 0 Å². The standard InChI is InChI=1S/C21H21ClN4/c1-16-3-2-4-17(13-16)20-14-23-15-21(24-20)26-11-9-25(10-12-26)19-7-5-18(22)6-8-19/h2-8,13-15H,9-12H2,1H3. The van der Waals surface area contributed by atoms with Gasteiger partial charge in [0.2, 0.25) is 0 Å². The van der Waals surface area contributed by atoms with E-state index in [0.29, 0.717) is 0 Å². The molecule has 132 valence electrons. The van der Waals surface area contributed by atoms with E-state index in [1.807, 2.05) is 24.5 Å². The minimum atomic E-state index is 0.774. The molecular weight excluding hydrogens is 344 g/mol. The van der Waals surface area contributed by atoms with Gasteiger partial charge in [-0.25, -0.2) is 4.98 Å². The lowest BCUT2D eigenvalue weighted by Gasteiger charge is -2.36. The van der Waals surface area contributed by atoms with Crippen LogP contribution in [-0.2, 0) is 0 Å². The Kier molecular flexibility index (Phi) is 4.76. The van der Waals surface area contributed by atoms with E-state index >= 15 is 0 Å². The van der Waals surface area contributed by atoms with E-state index in [9.17, 15) is 0 Å². The molecule has 3 aromatic rings. The van der Waals surface area contributed by atoms with Gasteiger partial charge in [-0.3, -0.25) is 4.98 Å². The molecule has 1 saturated heterocycles. The summed E-state index contributed by atoms with van der Waals surface area (Å²) in [5.41, 5.74) is 4.48. The molecule has 2 aromatic carbocycles. The maximum Gasteiger partial charge on any atom is 0.147 e. The minimum absolute atomic E-state index is 0.774. The van der Waals surface area contributed by atoms with Crippen molar-refractivity contribution in [1.82, 2.24) is 9.97 Å². The van der Waals surface area contributed by atoms with Crippen LogP contribution in [0.3, 0.4) is 0 Å². The fourth-order valence-corrected chi connectivity index (χ4v) is 3.42. The first-order valence-corrected chi connectivity index (χ1v) is 9.21. The van der Waals surface area contributed by atoms with Crippen LogP contribution in [0.25, 0.3) is 11.3 Å². The van der Waals surface area contributed by atoms with Gasteiger partial charge in [-0.2, -0.15) is 0 Å². The summed E-state index contributed by atoms with van der Waals surface area (Å²) in [4.78, 5) is 13.9. The van der Waals surface area contributed by atoms with Crippen LogP contribution in [0.1, 0.15) is 5.56 Å². The van der Waals surface area contributed by atoms with E-state index in [0.717, 1.165) is 48.3 Å². The van der Waals surface area contributed by atoms with Crippen molar-refractivity contribution in [3.8, 4) is 11.3 Å². The second kappa shape index (κ2) is 7.34. The molecule has 0 saturated carbocycles. The summed E-state index contributed by atoms with van der Waals surface area (Å²) in [6, 6.07) is 16.4. The quantitative estimate of drug-likeness (QED) is 0.688. The van der Waals surface area contributed by atoms with Gasteiger partial charge in [-0.1, -0.05) is 35.4 Å². The van der Waals surface area contributed by atoms with Crippen molar-refractivity contribution in [1.29, 1.82) is 0 Å². The molecule has 4 rings (SSSR count). The van der Waals surface area contributed by atoms with Gasteiger partial charge in [0, 0.05) is 42.5 Å². The molecule has 4 nitrogen and oxygen atoms in total. The third-order valence-corrected chi connectivity index (χ3v) is 4.98. The first-order chi connectivity index (χ1) is 12.7. The molecule has 1 aliphatic heterocycles. The Balaban J connectivity index is 1.48. The first kappa shape index (κ1) is 16.9. The monoisotopic (exact) mass is 364 g/mol. The van der Waals surface area contributed by atoms with Crippen LogP contribution in [0.2, 0.25) is 5.02 Å². The summed E-state index contributed by atoms with van der Waals surface area (Å²) < 4.78 is 0. The van der Waals surface area contributed by atoms with Gasteiger partial charge >= 0.3 is 0 Å². The van der Waals surface area contributed by atoms with Gasteiger partial charge in [-0.15, -0.1) is 0 Å². The summed E-state index contributed by atoms with van der Waals surface area (Å²) >= 11 is 5.99. The summed E-state index contributed by atoms with van der Waals surface area (Å²) in [5, 5.41) is 0.774. The summed E-state index contributed by atoms with van der Waals surface area (Å²) in [6.07, 6.45) is 3.69. The van der Waals surface area contributed by atoms with Crippen molar-refractivity contribution in [3.63, 3.8) is 0 Å². The molecule has 0 N–H and O–H groups in total. The predicted molar refractivity (Wildman–Crippen MR) is 108 cm³/mol. The Morgan fingerprint density at radius 2 is 1.62 bits per heavy atom. The van der Waals surface area contributed by atoms with E-state index in [4.69, 9.17) is 16.6 Å². The Bertz CT molecular complexity index is 887. The van der Waals surface area contributed by atoms with Crippen molar-refractivity contribution in [2.24, 2.45) is 0 Å². The van der Waals surface area contributed by atoms with Crippen LogP contribution in [-0.4, -0.2) is 36.1 Å². The number of aryl methyl sites for hydroxylation is 1. The lowest BCUT2D eigenvalue weighted by molar-refractivity contribution is 0.646. The predicted octanol–water partition coefficient (Wildman–Crippen LogP) is 4.43. The molecule has 1 fully saturated rings. The van der Waals surface area contributed by atoms with Crippen LogP contribution in [0.4, 0.5) is 11.5 Å². The SMILES string of the molecule is Cc1cccc(-c2cncc(N3CCN(c4ccc(Cl)cc4)CC3)n2)c1. The molecule has 1 aromatic heterocycles. The Morgan fingerprint density at radius 3 is 2.35 bits per heavy atom. The highest BCUT2D eigenvalue weighted by Gasteiger charge is 2.19. The molecule has 0 amide bonds. The van der Waals surface area contributed by atoms with Crippen LogP contribution >= 0.6 is 11.6 Å². The number of rotatable bonds is 3. The van der Waals surface area contributed by atoms with Crippen LogP contribution in [0.15, 0.2) is 60.9 Å². The van der Waals surface area contributed by atoms with Crippen LogP contribution < -0.4 is 9.80 Å². The fourth-order valence-electron chi connectivity index (χ4n) is 3.30. The number of anilines is 2. The first-order valence-electron chi connectivity index (χ1n) is 8.83. The summed E-state index contributed by atoms with van der Waals surface area (Å²) in [5.74, 6) is 0.944. The van der Waals surface area contributed by atoms with Crippen molar-refractivity contribution in [3.05, 3.63) is 71.5 Å². The molecule has 0 spiro atoms. The van der Waals surface area contributed by atoms with E-state index in [2.05, 4.69) is 58.1 Å². The molecular formula is C21H21ClN4. The summed E-state index contributed by atoms with van der Waals surface area (Å²) in [6.45, 7) is 5.86. The van der Waals surface area contributed by atoms with Crippen molar-refractivity contribution in [2.75, 3.05) is 36.0 Å². The zero-order valence-electron chi connectivity index (χ0n) is 14.8. The van der Waals surface area contributed by atoms with Crippen molar-refractivity contribution in [2.45, 2.75) is 6.92 Å². The molecule has 0 radical (unpaired) electrons. The highest BCUT2D eigenvalue weighted by molar-refractivity contribution is 6.30. The number of halogens is 1. The highest BCUT2D eigenvalue weighted by atomic mass is 35.5. The normalized spacial score (nSPS) is 14.5. The highest BCUT2D eigenvalue weighted by Crippen LogP contribution is 2.23. The molecule has 0 bridgehead atoms. The van der Waals surface area contributed by atoms with Gasteiger partial charge in [0.1, 0.15) is 5.82 Å². The maximum atomic E-state index is 5.99. The molecule has 5 heteroatoms. The Labute approximate surface area is 159 Å². The molecule has 0 atom stereocenters. The largest absolute Gasteiger partial charge is 0.368 e. The molecule has 26 heavy (non-hydrogen) atoms. The maximum absolute atomic E-state index is 5.99. The van der Waals surface area contributed by atoms with E-state index in [-0.39, 0.29) is 0 Å². The third kappa shape index (κ3) is 3.65. The Hall–Kier alpha value is -2.59. The third-order valence-electron chi connectivity index (χ3n) is 4.73. The van der Waals surface area contributed by atoms with Gasteiger partial charge in [0.05, 0.1) is 18.1 Å². The average molecular weight is 365 g/mol. The average Bonchev–Trinajstić information content (AvgIpc) is 2.69. The van der Waals surface area contributed by atoms with E-state index in [1.54, 1.807) is 0 Å². The van der Waals surface area contributed by atoms with Crippen LogP contribution in [0, 0.1) is 6.92 Å². The number of hydrogen-bond donors (Lipinski definition) is 0. The van der Waals surface area contributed by atoms with Gasteiger partial charge in [-0.05, 0) is 37.3 Å². The van der Waals surface area contributed by atoms with E-state index in [1.165, 1.54) is 11.3 Å².